The van der Waals surface area contributed by atoms with Crippen molar-refractivity contribution in [2.75, 3.05) is 20.8 Å². The van der Waals surface area contributed by atoms with Gasteiger partial charge in [0.05, 0.1) is 33.4 Å². The lowest BCUT2D eigenvalue weighted by molar-refractivity contribution is -0.136. The van der Waals surface area contributed by atoms with Gasteiger partial charge in [0.2, 0.25) is 0 Å². The van der Waals surface area contributed by atoms with E-state index in [0.29, 0.717) is 47.3 Å². The van der Waals surface area contributed by atoms with Gasteiger partial charge in [0.25, 0.3) is 0 Å². The normalized spacial score (nSPS) is 12.6. The summed E-state index contributed by atoms with van der Waals surface area (Å²) in [5.41, 5.74) is 3.29. The fourth-order valence-electron chi connectivity index (χ4n) is 4.08. The van der Waals surface area contributed by atoms with Crippen LogP contribution in [0.4, 0.5) is 0 Å². The monoisotopic (exact) mass is 498 g/mol. The number of hydrogen-bond donors (Lipinski definition) is 2. The van der Waals surface area contributed by atoms with Gasteiger partial charge in [-0.15, -0.1) is 0 Å². The molecule has 0 aromatic heterocycles. The van der Waals surface area contributed by atoms with Crippen molar-refractivity contribution >= 4 is 17.6 Å². The number of carboxylic acid groups (broad SMARTS) is 1. The highest BCUT2D eigenvalue weighted by molar-refractivity contribution is 6.30. The Hall–Kier alpha value is -3.22. The lowest BCUT2D eigenvalue weighted by atomic mass is 9.86. The molecule has 0 aliphatic heterocycles. The maximum Gasteiger partial charge on any atom is 0.307 e. The summed E-state index contributed by atoms with van der Waals surface area (Å²) in [6.45, 7) is 2.29. The quantitative estimate of drug-likeness (QED) is 0.335. The Labute approximate surface area is 211 Å². The van der Waals surface area contributed by atoms with Gasteiger partial charge in [-0.2, -0.15) is 0 Å². The lowest BCUT2D eigenvalue weighted by Crippen LogP contribution is -2.19. The molecule has 0 saturated carbocycles. The molecule has 7 heteroatoms. The molecule has 2 atom stereocenters. The van der Waals surface area contributed by atoms with Crippen LogP contribution in [0.15, 0.2) is 60.7 Å². The molecule has 0 amide bonds. The fraction of sp³-hybridized carbons (Fsp3) is 0.321. The molecule has 0 spiro atoms. The van der Waals surface area contributed by atoms with Crippen LogP contribution in [0.1, 0.15) is 34.8 Å². The van der Waals surface area contributed by atoms with E-state index >= 15 is 0 Å². The Morgan fingerprint density at radius 1 is 0.971 bits per heavy atom. The van der Waals surface area contributed by atoms with Crippen molar-refractivity contribution in [2.24, 2.45) is 5.92 Å². The van der Waals surface area contributed by atoms with Crippen molar-refractivity contribution in [1.29, 1.82) is 0 Å². The number of benzene rings is 3. The minimum absolute atomic E-state index is 0.0250. The zero-order chi connectivity index (χ0) is 25.4. The van der Waals surface area contributed by atoms with Crippen LogP contribution in [0, 0.1) is 12.8 Å². The van der Waals surface area contributed by atoms with Gasteiger partial charge < -0.3 is 24.4 Å². The largest absolute Gasteiger partial charge is 0.496 e. The molecule has 3 aromatic carbocycles. The second-order valence-electron chi connectivity index (χ2n) is 8.44. The van der Waals surface area contributed by atoms with Gasteiger partial charge in [-0.05, 0) is 72.7 Å². The van der Waals surface area contributed by atoms with Gasteiger partial charge in [-0.1, -0.05) is 41.9 Å². The number of aliphatic hydroxyl groups is 1. The number of ether oxygens (including phenoxy) is 3. The van der Waals surface area contributed by atoms with E-state index in [0.717, 1.165) is 16.7 Å². The Morgan fingerprint density at radius 2 is 1.60 bits per heavy atom. The third-order valence-corrected chi connectivity index (χ3v) is 6.23. The summed E-state index contributed by atoms with van der Waals surface area (Å²) in [5.74, 6) is 0.904. The van der Waals surface area contributed by atoms with E-state index in [-0.39, 0.29) is 12.3 Å². The Morgan fingerprint density at radius 3 is 2.17 bits per heavy atom. The number of aliphatic carboxylic acids is 1. The predicted molar refractivity (Wildman–Crippen MR) is 136 cm³/mol. The Kier molecular flexibility index (Phi) is 9.40. The van der Waals surface area contributed by atoms with Crippen molar-refractivity contribution in [1.82, 2.24) is 0 Å². The Balaban J connectivity index is 1.82. The van der Waals surface area contributed by atoms with Gasteiger partial charge >= 0.3 is 5.97 Å². The van der Waals surface area contributed by atoms with E-state index in [1.165, 1.54) is 0 Å². The summed E-state index contributed by atoms with van der Waals surface area (Å²) in [4.78, 5) is 11.0. The minimum atomic E-state index is -0.869. The molecule has 2 N–H and O–H groups in total. The van der Waals surface area contributed by atoms with Crippen LogP contribution in [-0.2, 0) is 17.6 Å². The summed E-state index contributed by atoms with van der Waals surface area (Å²) < 4.78 is 16.9. The molecule has 0 bridgehead atoms. The highest BCUT2D eigenvalue weighted by atomic mass is 35.5. The molecule has 1 unspecified atom stereocenters. The molecule has 186 valence electrons. The maximum absolute atomic E-state index is 11.4. The first-order valence-corrected chi connectivity index (χ1v) is 11.8. The first kappa shape index (κ1) is 26.4. The molecule has 0 fully saturated rings. The molecule has 3 aromatic rings. The summed E-state index contributed by atoms with van der Waals surface area (Å²) >= 11 is 6.06. The van der Waals surface area contributed by atoms with E-state index in [1.54, 1.807) is 26.4 Å². The summed E-state index contributed by atoms with van der Waals surface area (Å²) in [6, 6.07) is 18.3. The minimum Gasteiger partial charge on any atom is -0.496 e. The smallest absolute Gasteiger partial charge is 0.307 e. The molecule has 6 nitrogen and oxygen atoms in total. The number of aliphatic hydroxyl groups excluding tert-OH is 1. The van der Waals surface area contributed by atoms with Crippen molar-refractivity contribution < 1.29 is 29.2 Å². The van der Waals surface area contributed by atoms with Crippen LogP contribution >= 0.6 is 11.6 Å². The van der Waals surface area contributed by atoms with Crippen LogP contribution in [-0.4, -0.2) is 37.0 Å². The zero-order valence-corrected chi connectivity index (χ0v) is 20.9. The molecule has 35 heavy (non-hydrogen) atoms. The van der Waals surface area contributed by atoms with Crippen LogP contribution in [0.2, 0.25) is 5.02 Å². The molecule has 0 radical (unpaired) electrons. The molecule has 0 heterocycles. The van der Waals surface area contributed by atoms with Crippen molar-refractivity contribution in [3.63, 3.8) is 0 Å². The zero-order valence-electron chi connectivity index (χ0n) is 20.2. The standard InChI is InChI=1S/C28H31ClO6/c1-18-25(33-2)15-22(16-26(18)34-3)28(32)21(11-12-35-24-6-4-5-23(29)17-24)13-19-7-9-20(10-8-19)14-27(30)31/h4-10,15-17,21,28,32H,11-14H2,1-3H3,(H,30,31)/t21-,28?/m0/s1. The number of carboxylic acids is 1. The second-order valence-corrected chi connectivity index (χ2v) is 8.88. The number of rotatable bonds is 12. The lowest BCUT2D eigenvalue weighted by Gasteiger charge is -2.25. The van der Waals surface area contributed by atoms with E-state index in [1.807, 2.05) is 55.5 Å². The van der Waals surface area contributed by atoms with Crippen molar-refractivity contribution in [3.05, 3.63) is 87.9 Å². The first-order valence-electron chi connectivity index (χ1n) is 11.4. The van der Waals surface area contributed by atoms with Crippen LogP contribution in [0.5, 0.6) is 17.2 Å². The number of methoxy groups -OCH3 is 2. The molecular formula is C28H31ClO6. The van der Waals surface area contributed by atoms with E-state index in [4.69, 9.17) is 30.9 Å². The maximum atomic E-state index is 11.4. The van der Waals surface area contributed by atoms with Crippen molar-refractivity contribution in [2.45, 2.75) is 32.3 Å². The third-order valence-electron chi connectivity index (χ3n) is 5.99. The number of hydrogen-bond acceptors (Lipinski definition) is 5. The van der Waals surface area contributed by atoms with Gasteiger partial charge in [0.1, 0.15) is 17.2 Å². The molecule has 0 aliphatic rings. The number of carbonyl (C=O) groups is 1. The highest BCUT2D eigenvalue weighted by Gasteiger charge is 2.24. The highest BCUT2D eigenvalue weighted by Crippen LogP contribution is 2.36. The third kappa shape index (κ3) is 7.38. The van der Waals surface area contributed by atoms with Gasteiger partial charge in [0.15, 0.2) is 0 Å². The summed E-state index contributed by atoms with van der Waals surface area (Å²) in [6.07, 6.45) is 0.317. The first-order chi connectivity index (χ1) is 16.8. The molecular weight excluding hydrogens is 468 g/mol. The van der Waals surface area contributed by atoms with E-state index in [2.05, 4.69) is 0 Å². The molecule has 3 rings (SSSR count). The van der Waals surface area contributed by atoms with Crippen molar-refractivity contribution in [3.8, 4) is 17.2 Å². The van der Waals surface area contributed by atoms with E-state index in [9.17, 15) is 9.90 Å². The van der Waals surface area contributed by atoms with Gasteiger partial charge in [-0.3, -0.25) is 4.79 Å². The van der Waals surface area contributed by atoms with Crippen LogP contribution in [0.3, 0.4) is 0 Å². The number of halogens is 1. The van der Waals surface area contributed by atoms with Crippen LogP contribution < -0.4 is 14.2 Å². The molecule has 0 aliphatic carbocycles. The summed E-state index contributed by atoms with van der Waals surface area (Å²) in [5, 5.41) is 21.0. The average molecular weight is 499 g/mol. The average Bonchev–Trinajstić information content (AvgIpc) is 2.84. The second kappa shape index (κ2) is 12.5. The van der Waals surface area contributed by atoms with Crippen LogP contribution in [0.25, 0.3) is 0 Å². The fourth-order valence-corrected chi connectivity index (χ4v) is 4.26. The topological polar surface area (TPSA) is 85.2 Å². The van der Waals surface area contributed by atoms with E-state index < -0.39 is 12.1 Å². The summed E-state index contributed by atoms with van der Waals surface area (Å²) in [7, 11) is 3.18. The van der Waals surface area contributed by atoms with Gasteiger partial charge in [-0.25, -0.2) is 0 Å². The molecule has 0 saturated heterocycles. The SMILES string of the molecule is COc1cc(C(O)[C@@H](CCOc2cccc(Cl)c2)Cc2ccc(CC(=O)O)cc2)cc(OC)c1C. The predicted octanol–water partition coefficient (Wildman–Crippen LogP) is 5.65. The Bertz CT molecular complexity index is 1100. The van der Waals surface area contributed by atoms with Gasteiger partial charge in [0, 0.05) is 10.6 Å².